The number of likely N-dealkylation sites (N-methyl/N-ethyl adjacent to an activating group) is 1. The van der Waals surface area contributed by atoms with Gasteiger partial charge in [0, 0.05) is 6.42 Å². The van der Waals surface area contributed by atoms with Crippen molar-refractivity contribution < 1.29 is 32.9 Å². The molecule has 0 aromatic carbocycles. The van der Waals surface area contributed by atoms with Crippen molar-refractivity contribution in [2.24, 2.45) is 0 Å². The summed E-state index contributed by atoms with van der Waals surface area (Å²) in [5, 5.41) is 13.7. The van der Waals surface area contributed by atoms with Crippen LogP contribution in [0.5, 0.6) is 0 Å². The first-order chi connectivity index (χ1) is 27.0. The summed E-state index contributed by atoms with van der Waals surface area (Å²) >= 11 is 0. The van der Waals surface area contributed by atoms with E-state index in [9.17, 15) is 19.4 Å². The van der Waals surface area contributed by atoms with Gasteiger partial charge in [0.15, 0.2) is 0 Å². The third kappa shape index (κ3) is 40.9. The van der Waals surface area contributed by atoms with E-state index in [2.05, 4.69) is 43.5 Å². The van der Waals surface area contributed by atoms with E-state index in [1.165, 1.54) is 141 Å². The van der Waals surface area contributed by atoms with Crippen molar-refractivity contribution in [3.8, 4) is 0 Å². The molecule has 0 heterocycles. The molecule has 0 aromatic heterocycles. The van der Waals surface area contributed by atoms with Gasteiger partial charge in [-0.2, -0.15) is 0 Å². The van der Waals surface area contributed by atoms with Gasteiger partial charge in [0.2, 0.25) is 5.91 Å². The van der Waals surface area contributed by atoms with E-state index in [1.54, 1.807) is 6.08 Å². The van der Waals surface area contributed by atoms with Gasteiger partial charge < -0.3 is 28.8 Å². The summed E-state index contributed by atoms with van der Waals surface area (Å²) in [5.74, 6) is -0.239. The Labute approximate surface area is 347 Å². The lowest BCUT2D eigenvalue weighted by Crippen LogP contribution is -2.45. The number of rotatable bonds is 42. The number of aliphatic hydroxyl groups excluding tert-OH is 1. The van der Waals surface area contributed by atoms with E-state index in [0.717, 1.165) is 38.5 Å². The highest BCUT2D eigenvalue weighted by molar-refractivity contribution is 7.45. The van der Waals surface area contributed by atoms with Crippen molar-refractivity contribution in [1.82, 2.24) is 5.32 Å². The number of amides is 1. The molecule has 0 radical (unpaired) electrons. The second kappa shape index (κ2) is 39.2. The van der Waals surface area contributed by atoms with Crippen molar-refractivity contribution in [1.29, 1.82) is 0 Å². The number of allylic oxidation sites excluding steroid dienone is 5. The van der Waals surface area contributed by atoms with Crippen LogP contribution in [0.15, 0.2) is 36.5 Å². The number of carbonyl (C=O) groups is 1. The molecule has 0 aromatic rings. The zero-order valence-corrected chi connectivity index (χ0v) is 38.2. The molecular formula is C47H91N2O6P. The van der Waals surface area contributed by atoms with E-state index in [0.29, 0.717) is 17.4 Å². The Bertz CT molecular complexity index is 1010. The fourth-order valence-electron chi connectivity index (χ4n) is 6.58. The Morgan fingerprint density at radius 2 is 1.00 bits per heavy atom. The summed E-state index contributed by atoms with van der Waals surface area (Å²) in [6.07, 6.45) is 47.7. The van der Waals surface area contributed by atoms with Gasteiger partial charge in [-0.25, -0.2) is 0 Å². The number of phosphoric acid groups is 1. The van der Waals surface area contributed by atoms with Crippen LogP contribution in [0.4, 0.5) is 0 Å². The van der Waals surface area contributed by atoms with Crippen LogP contribution < -0.4 is 10.2 Å². The normalized spacial score (nSPS) is 14.6. The summed E-state index contributed by atoms with van der Waals surface area (Å²) in [7, 11) is 1.24. The molecule has 0 spiro atoms. The first-order valence-electron chi connectivity index (χ1n) is 23.4. The molecule has 0 aliphatic heterocycles. The first kappa shape index (κ1) is 54.7. The molecule has 0 bridgehead atoms. The Kier molecular flexibility index (Phi) is 38.3. The maximum atomic E-state index is 12.8. The van der Waals surface area contributed by atoms with E-state index in [-0.39, 0.29) is 18.9 Å². The molecule has 3 atom stereocenters. The molecule has 0 saturated carbocycles. The van der Waals surface area contributed by atoms with Gasteiger partial charge in [0.05, 0.1) is 39.9 Å². The number of phosphoric ester groups is 1. The average molecular weight is 811 g/mol. The summed E-state index contributed by atoms with van der Waals surface area (Å²) in [4.78, 5) is 25.3. The number of nitrogens with one attached hydrogen (secondary N) is 1. The minimum absolute atomic E-state index is 0.00794. The summed E-state index contributed by atoms with van der Waals surface area (Å²) in [6.45, 7) is 4.62. The molecule has 8 nitrogen and oxygen atoms in total. The highest BCUT2D eigenvalue weighted by Crippen LogP contribution is 2.38. The fraction of sp³-hybridized carbons (Fsp3) is 0.851. The minimum Gasteiger partial charge on any atom is -0.756 e. The Morgan fingerprint density at radius 3 is 1.45 bits per heavy atom. The van der Waals surface area contributed by atoms with Crippen LogP contribution in [0.2, 0.25) is 0 Å². The van der Waals surface area contributed by atoms with Crippen molar-refractivity contribution in [2.45, 2.75) is 219 Å². The maximum Gasteiger partial charge on any atom is 0.268 e. The Morgan fingerprint density at radius 1 is 0.607 bits per heavy atom. The number of aliphatic hydroxyl groups is 1. The number of carbonyl (C=O) groups excluding carboxylic acids is 1. The summed E-state index contributed by atoms with van der Waals surface area (Å²) in [6, 6.07) is -0.905. The lowest BCUT2D eigenvalue weighted by atomic mass is 10.0. The zero-order chi connectivity index (χ0) is 41.4. The Hall–Kier alpha value is -1.28. The summed E-state index contributed by atoms with van der Waals surface area (Å²) < 4.78 is 23.2. The molecule has 56 heavy (non-hydrogen) atoms. The quantitative estimate of drug-likeness (QED) is 0.0275. The number of quaternary nitrogens is 1. The molecule has 2 N–H and O–H groups in total. The average Bonchev–Trinajstić information content (AvgIpc) is 3.15. The second-order valence-electron chi connectivity index (χ2n) is 17.1. The predicted molar refractivity (Wildman–Crippen MR) is 238 cm³/mol. The third-order valence-electron chi connectivity index (χ3n) is 10.3. The lowest BCUT2D eigenvalue weighted by molar-refractivity contribution is -0.870. The van der Waals surface area contributed by atoms with Crippen molar-refractivity contribution in [3.63, 3.8) is 0 Å². The van der Waals surface area contributed by atoms with Crippen LogP contribution >= 0.6 is 7.82 Å². The van der Waals surface area contributed by atoms with E-state index in [1.807, 2.05) is 27.2 Å². The number of hydrogen-bond donors (Lipinski definition) is 2. The third-order valence-corrected chi connectivity index (χ3v) is 11.3. The monoisotopic (exact) mass is 811 g/mol. The van der Waals surface area contributed by atoms with E-state index < -0.39 is 26.6 Å². The first-order valence-corrected chi connectivity index (χ1v) is 24.8. The van der Waals surface area contributed by atoms with Gasteiger partial charge in [-0.05, 0) is 51.4 Å². The van der Waals surface area contributed by atoms with Gasteiger partial charge in [-0.15, -0.1) is 0 Å². The van der Waals surface area contributed by atoms with Crippen molar-refractivity contribution >= 4 is 13.7 Å². The van der Waals surface area contributed by atoms with Gasteiger partial charge in [0.1, 0.15) is 13.2 Å². The second-order valence-corrected chi connectivity index (χ2v) is 18.5. The van der Waals surface area contributed by atoms with Crippen LogP contribution in [0.25, 0.3) is 0 Å². The summed E-state index contributed by atoms with van der Waals surface area (Å²) in [5.41, 5.74) is 0. The standard InChI is InChI=1S/C47H91N2O6P/c1-6-8-10-12-14-16-18-20-21-22-23-24-25-26-27-29-31-33-35-37-39-41-47(51)48-45(44-55-56(52,53)54-43-42-49(3,4)5)46(50)40-38-36-34-32-30-28-19-17-15-13-11-9-7-2/h26-27,33,35,38,40,45-46,50H,6-25,28-32,34,36-37,39,41-44H2,1-5H3,(H-,48,51,52,53)/b27-26-,35-33-,40-38+/t45-,46+/m0/s1. The van der Waals surface area contributed by atoms with Gasteiger partial charge in [-0.1, -0.05) is 185 Å². The van der Waals surface area contributed by atoms with Crippen LogP contribution in [-0.4, -0.2) is 68.5 Å². The molecule has 330 valence electrons. The molecule has 0 rings (SSSR count). The van der Waals surface area contributed by atoms with Gasteiger partial charge in [0.25, 0.3) is 7.82 Å². The largest absolute Gasteiger partial charge is 0.756 e. The van der Waals surface area contributed by atoms with Crippen molar-refractivity contribution in [3.05, 3.63) is 36.5 Å². The molecule has 0 saturated heterocycles. The van der Waals surface area contributed by atoms with Crippen LogP contribution in [-0.2, 0) is 18.4 Å². The predicted octanol–water partition coefficient (Wildman–Crippen LogP) is 12.5. The number of unbranched alkanes of at least 4 members (excludes halogenated alkanes) is 25. The van der Waals surface area contributed by atoms with E-state index >= 15 is 0 Å². The number of hydrogen-bond acceptors (Lipinski definition) is 6. The zero-order valence-electron chi connectivity index (χ0n) is 37.3. The van der Waals surface area contributed by atoms with E-state index in [4.69, 9.17) is 9.05 Å². The molecule has 1 amide bonds. The molecule has 9 heteroatoms. The SMILES string of the molecule is CCCCCCCCCCCCC/C=C/[C@@H](O)[C@H](COP(=O)([O-])OCC[N+](C)(C)C)NC(=O)CCC/C=C\CC/C=C\CCCCCCCCCCCCCC. The van der Waals surface area contributed by atoms with Crippen molar-refractivity contribution in [2.75, 3.05) is 40.9 Å². The fourth-order valence-corrected chi connectivity index (χ4v) is 7.31. The highest BCUT2D eigenvalue weighted by Gasteiger charge is 2.23. The molecule has 0 fully saturated rings. The molecule has 0 aliphatic rings. The smallest absolute Gasteiger partial charge is 0.268 e. The van der Waals surface area contributed by atoms with Crippen LogP contribution in [0.3, 0.4) is 0 Å². The molecule has 1 unspecified atom stereocenters. The van der Waals surface area contributed by atoms with Crippen LogP contribution in [0, 0.1) is 0 Å². The topological polar surface area (TPSA) is 108 Å². The van der Waals surface area contributed by atoms with Crippen LogP contribution in [0.1, 0.15) is 206 Å². The molecular weight excluding hydrogens is 719 g/mol. The minimum atomic E-state index is -4.60. The maximum absolute atomic E-state index is 12.8. The van der Waals surface area contributed by atoms with Gasteiger partial charge in [-0.3, -0.25) is 9.36 Å². The van der Waals surface area contributed by atoms with Gasteiger partial charge >= 0.3 is 0 Å². The highest BCUT2D eigenvalue weighted by atomic mass is 31.2. The number of nitrogens with zero attached hydrogens (tertiary/aromatic N) is 1. The lowest BCUT2D eigenvalue weighted by Gasteiger charge is -2.29. The molecule has 0 aliphatic carbocycles. The Balaban J connectivity index is 4.40.